The highest BCUT2D eigenvalue weighted by Gasteiger charge is 2.05. The fourth-order valence-corrected chi connectivity index (χ4v) is 0.847. The van der Waals surface area contributed by atoms with Gasteiger partial charge in [0, 0.05) is 12.5 Å². The van der Waals surface area contributed by atoms with E-state index in [1.807, 2.05) is 0 Å². The zero-order valence-corrected chi connectivity index (χ0v) is 4.30. The first-order valence-electron chi connectivity index (χ1n) is 2.71. The second-order valence-electron chi connectivity index (χ2n) is 1.95. The molecule has 0 amide bonds. The van der Waals surface area contributed by atoms with E-state index in [-0.39, 0.29) is 0 Å². The number of rotatable bonds is 1. The molecule has 0 saturated heterocycles. The molecule has 1 N–H and O–H groups in total. The zero-order valence-electron chi connectivity index (χ0n) is 4.30. The smallest absolute Gasteiger partial charge is 0.0493 e. The van der Waals surface area contributed by atoms with Crippen LogP contribution in [0, 0.1) is 5.92 Å². The topological polar surface area (TPSA) is 20.2 Å². The van der Waals surface area contributed by atoms with Crippen LogP contribution in [0.4, 0.5) is 0 Å². The summed E-state index contributed by atoms with van der Waals surface area (Å²) in [6.45, 7) is 0.330. The van der Waals surface area contributed by atoms with Gasteiger partial charge in [-0.15, -0.1) is 0 Å². The summed E-state index contributed by atoms with van der Waals surface area (Å²) in [5.41, 5.74) is 0. The monoisotopic (exact) mass is 98.1 g/mol. The van der Waals surface area contributed by atoms with Gasteiger partial charge >= 0.3 is 0 Å². The van der Waals surface area contributed by atoms with Crippen molar-refractivity contribution in [2.45, 2.75) is 12.8 Å². The van der Waals surface area contributed by atoms with Crippen molar-refractivity contribution in [3.8, 4) is 0 Å². The van der Waals surface area contributed by atoms with Crippen LogP contribution >= 0.6 is 0 Å². The molecule has 0 unspecified atom stereocenters. The maximum atomic E-state index is 8.51. The molecule has 1 heteroatoms. The van der Waals surface area contributed by atoms with E-state index < -0.39 is 0 Å². The Balaban J connectivity index is 2.28. The Kier molecular flexibility index (Phi) is 1.47. The van der Waals surface area contributed by atoms with Gasteiger partial charge in [0.05, 0.1) is 0 Å². The molecule has 1 aliphatic rings. The second-order valence-corrected chi connectivity index (χ2v) is 1.95. The molecular weight excluding hydrogens is 88.1 g/mol. The highest BCUT2D eigenvalue weighted by atomic mass is 16.3. The lowest BCUT2D eigenvalue weighted by Crippen LogP contribution is -1.96. The van der Waals surface area contributed by atoms with E-state index in [1.165, 1.54) is 0 Å². The van der Waals surface area contributed by atoms with Gasteiger partial charge in [0.25, 0.3) is 0 Å². The Bertz CT molecular complexity index is 76.2. The first kappa shape index (κ1) is 4.85. The Morgan fingerprint density at radius 3 is 2.86 bits per heavy atom. The predicted molar refractivity (Wildman–Crippen MR) is 28.9 cm³/mol. The molecule has 0 aromatic carbocycles. The molecule has 0 radical (unpaired) electrons. The summed E-state index contributed by atoms with van der Waals surface area (Å²) in [7, 11) is 0. The maximum absolute atomic E-state index is 8.51. The summed E-state index contributed by atoms with van der Waals surface area (Å²) in [4.78, 5) is 0. The third kappa shape index (κ3) is 1.03. The number of hydrogen-bond acceptors (Lipinski definition) is 1. The fourth-order valence-electron chi connectivity index (χ4n) is 0.847. The molecule has 0 heterocycles. The first-order chi connectivity index (χ1) is 3.43. The fraction of sp³-hybridized carbons (Fsp3) is 0.667. The quantitative estimate of drug-likeness (QED) is 0.484. The van der Waals surface area contributed by atoms with Crippen LogP contribution in [-0.2, 0) is 0 Å². The van der Waals surface area contributed by atoms with Gasteiger partial charge in [0.15, 0.2) is 0 Å². The Labute approximate surface area is 43.7 Å². The van der Waals surface area contributed by atoms with Gasteiger partial charge in [-0.05, 0) is 12.8 Å². The minimum atomic E-state index is 0.330. The van der Waals surface area contributed by atoms with E-state index in [4.69, 9.17) is 5.11 Å². The lowest BCUT2D eigenvalue weighted by atomic mass is 10.1. The van der Waals surface area contributed by atoms with Gasteiger partial charge in [-0.2, -0.15) is 0 Å². The summed E-state index contributed by atoms with van der Waals surface area (Å²) in [5.74, 6) is 0.472. The average molecular weight is 98.1 g/mol. The average Bonchev–Trinajstić information content (AvgIpc) is 2.14. The number of allylic oxidation sites excluding steroid dienone is 1. The van der Waals surface area contributed by atoms with Gasteiger partial charge in [-0.1, -0.05) is 12.2 Å². The number of hydrogen-bond donors (Lipinski definition) is 1. The molecule has 0 aromatic rings. The Morgan fingerprint density at radius 2 is 2.57 bits per heavy atom. The van der Waals surface area contributed by atoms with Crippen LogP contribution < -0.4 is 0 Å². The van der Waals surface area contributed by atoms with Crippen molar-refractivity contribution in [3.05, 3.63) is 12.2 Å². The molecule has 1 nitrogen and oxygen atoms in total. The summed E-state index contributed by atoms with van der Waals surface area (Å²) < 4.78 is 0. The van der Waals surface area contributed by atoms with Crippen molar-refractivity contribution in [2.75, 3.05) is 6.61 Å². The lowest BCUT2D eigenvalue weighted by Gasteiger charge is -1.97. The van der Waals surface area contributed by atoms with Crippen molar-refractivity contribution >= 4 is 0 Å². The van der Waals surface area contributed by atoms with E-state index in [2.05, 4.69) is 12.2 Å². The van der Waals surface area contributed by atoms with E-state index in [0.717, 1.165) is 12.8 Å². The number of aliphatic hydroxyl groups excluding tert-OH is 1. The Morgan fingerprint density at radius 1 is 1.71 bits per heavy atom. The lowest BCUT2D eigenvalue weighted by molar-refractivity contribution is 0.251. The summed E-state index contributed by atoms with van der Waals surface area (Å²) in [5, 5.41) is 8.51. The molecule has 0 fully saturated rings. The van der Waals surface area contributed by atoms with Crippen LogP contribution in [0.15, 0.2) is 12.2 Å². The van der Waals surface area contributed by atoms with Gasteiger partial charge in [0.2, 0.25) is 0 Å². The zero-order chi connectivity index (χ0) is 5.11. The second kappa shape index (κ2) is 2.12. The molecular formula is C6H10O. The van der Waals surface area contributed by atoms with Crippen molar-refractivity contribution in [3.63, 3.8) is 0 Å². The normalized spacial score (nSPS) is 29.0. The SMILES string of the molecule is OC[C@H]1C=CCC1. The molecule has 1 rings (SSSR count). The highest BCUT2D eigenvalue weighted by molar-refractivity contribution is 4.95. The molecule has 40 valence electrons. The molecule has 0 aromatic heterocycles. The van der Waals surface area contributed by atoms with Crippen LogP contribution in [-0.4, -0.2) is 11.7 Å². The van der Waals surface area contributed by atoms with Crippen molar-refractivity contribution in [1.82, 2.24) is 0 Å². The van der Waals surface area contributed by atoms with E-state index in [9.17, 15) is 0 Å². The standard InChI is InChI=1S/C6H10O/c7-5-6-3-1-2-4-6/h1,3,6-7H,2,4-5H2/t6-/m0/s1. The number of aliphatic hydroxyl groups is 1. The van der Waals surface area contributed by atoms with Gasteiger partial charge in [-0.25, -0.2) is 0 Å². The summed E-state index contributed by atoms with van der Waals surface area (Å²) in [6.07, 6.45) is 6.52. The Hall–Kier alpha value is -0.300. The maximum Gasteiger partial charge on any atom is 0.0493 e. The van der Waals surface area contributed by atoms with Crippen molar-refractivity contribution < 1.29 is 5.11 Å². The molecule has 0 saturated carbocycles. The molecule has 7 heavy (non-hydrogen) atoms. The predicted octanol–water partition coefficient (Wildman–Crippen LogP) is 0.945. The van der Waals surface area contributed by atoms with Crippen LogP contribution in [0.5, 0.6) is 0 Å². The molecule has 0 aliphatic heterocycles. The van der Waals surface area contributed by atoms with Gasteiger partial charge in [0.1, 0.15) is 0 Å². The molecule has 0 spiro atoms. The third-order valence-corrected chi connectivity index (χ3v) is 1.35. The summed E-state index contributed by atoms with van der Waals surface area (Å²) in [6, 6.07) is 0. The minimum Gasteiger partial charge on any atom is -0.396 e. The molecule has 0 bridgehead atoms. The van der Waals surface area contributed by atoms with Crippen LogP contribution in [0.2, 0.25) is 0 Å². The van der Waals surface area contributed by atoms with Crippen LogP contribution in [0.1, 0.15) is 12.8 Å². The van der Waals surface area contributed by atoms with Crippen molar-refractivity contribution in [1.29, 1.82) is 0 Å². The molecule has 1 atom stereocenters. The first-order valence-corrected chi connectivity index (χ1v) is 2.71. The molecule has 1 aliphatic carbocycles. The van der Waals surface area contributed by atoms with Crippen LogP contribution in [0.3, 0.4) is 0 Å². The van der Waals surface area contributed by atoms with Gasteiger partial charge < -0.3 is 5.11 Å². The summed E-state index contributed by atoms with van der Waals surface area (Å²) >= 11 is 0. The van der Waals surface area contributed by atoms with Gasteiger partial charge in [-0.3, -0.25) is 0 Å². The highest BCUT2D eigenvalue weighted by Crippen LogP contribution is 2.14. The minimum absolute atomic E-state index is 0.330. The van der Waals surface area contributed by atoms with E-state index >= 15 is 0 Å². The van der Waals surface area contributed by atoms with Crippen LogP contribution in [0.25, 0.3) is 0 Å². The third-order valence-electron chi connectivity index (χ3n) is 1.35. The van der Waals surface area contributed by atoms with Crippen molar-refractivity contribution in [2.24, 2.45) is 5.92 Å². The van der Waals surface area contributed by atoms with E-state index in [0.29, 0.717) is 12.5 Å². The van der Waals surface area contributed by atoms with E-state index in [1.54, 1.807) is 0 Å². The largest absolute Gasteiger partial charge is 0.396 e.